The van der Waals surface area contributed by atoms with Crippen LogP contribution in [-0.4, -0.2) is 17.4 Å². The Kier molecular flexibility index (Phi) is 5.46. The molecule has 0 saturated heterocycles. The molecule has 1 aliphatic rings. The summed E-state index contributed by atoms with van der Waals surface area (Å²) in [4.78, 5) is 13.1. The van der Waals surface area contributed by atoms with Gasteiger partial charge in [0.1, 0.15) is 0 Å². The van der Waals surface area contributed by atoms with Crippen LogP contribution in [0.15, 0.2) is 23.4 Å². The van der Waals surface area contributed by atoms with Crippen LogP contribution in [0.4, 0.5) is 0 Å². The Bertz CT molecular complexity index is 315. The molecule has 0 saturated carbocycles. The zero-order valence-electron chi connectivity index (χ0n) is 11.6. The second kappa shape index (κ2) is 6.63. The van der Waals surface area contributed by atoms with Crippen molar-refractivity contribution in [3.8, 4) is 0 Å². The molecule has 0 aromatic heterocycles. The third kappa shape index (κ3) is 4.03. The largest absolute Gasteiger partial charge is 0.316 e. The van der Waals surface area contributed by atoms with Crippen molar-refractivity contribution < 1.29 is 4.79 Å². The first-order valence-electron chi connectivity index (χ1n) is 6.70. The maximum atomic E-state index is 11.2. The second-order valence-electron chi connectivity index (χ2n) is 5.33. The smallest absolute Gasteiger partial charge is 0.214 e. The van der Waals surface area contributed by atoms with Gasteiger partial charge in [-0.15, -0.1) is 0 Å². The maximum absolute atomic E-state index is 11.2. The van der Waals surface area contributed by atoms with Crippen LogP contribution < -0.4 is 0 Å². The van der Waals surface area contributed by atoms with Gasteiger partial charge in [-0.2, -0.15) is 0 Å². The van der Waals surface area contributed by atoms with Gasteiger partial charge in [-0.3, -0.25) is 4.79 Å². The van der Waals surface area contributed by atoms with E-state index in [9.17, 15) is 4.79 Å². The lowest BCUT2D eigenvalue weighted by atomic mass is 9.98. The first-order valence-corrected chi connectivity index (χ1v) is 6.70. The SMILES string of the molecule is CCC1=CC=C(N(C=O)C(C)CC(C)C)CC1. The van der Waals surface area contributed by atoms with E-state index in [-0.39, 0.29) is 0 Å². The van der Waals surface area contributed by atoms with Gasteiger partial charge in [0.15, 0.2) is 0 Å². The first kappa shape index (κ1) is 14.0. The van der Waals surface area contributed by atoms with E-state index in [1.165, 1.54) is 11.3 Å². The standard InChI is InChI=1S/C15H25NO/c1-5-14-6-8-15(9-7-14)16(11-17)13(4)10-12(2)3/h6,8,11-13H,5,7,9-10H2,1-4H3. The van der Waals surface area contributed by atoms with Gasteiger partial charge in [-0.25, -0.2) is 0 Å². The Morgan fingerprint density at radius 3 is 2.41 bits per heavy atom. The molecule has 0 aliphatic heterocycles. The van der Waals surface area contributed by atoms with Crippen molar-refractivity contribution in [2.75, 3.05) is 0 Å². The van der Waals surface area contributed by atoms with Gasteiger partial charge in [0.25, 0.3) is 0 Å². The van der Waals surface area contributed by atoms with Crippen LogP contribution in [0.25, 0.3) is 0 Å². The predicted molar refractivity (Wildman–Crippen MR) is 72.5 cm³/mol. The van der Waals surface area contributed by atoms with Crippen molar-refractivity contribution in [3.63, 3.8) is 0 Å². The number of nitrogens with zero attached hydrogens (tertiary/aromatic N) is 1. The third-order valence-corrected chi connectivity index (χ3v) is 3.40. The molecule has 0 bridgehead atoms. The van der Waals surface area contributed by atoms with Crippen LogP contribution in [0.1, 0.15) is 53.4 Å². The molecule has 1 unspecified atom stereocenters. The predicted octanol–water partition coefficient (Wildman–Crippen LogP) is 3.89. The topological polar surface area (TPSA) is 20.3 Å². The molecule has 96 valence electrons. The number of hydrogen-bond acceptors (Lipinski definition) is 1. The Balaban J connectivity index is 2.71. The molecular formula is C15H25NO. The highest BCUT2D eigenvalue weighted by atomic mass is 16.1. The highest BCUT2D eigenvalue weighted by molar-refractivity contribution is 5.52. The van der Waals surface area contributed by atoms with Crippen LogP contribution in [-0.2, 0) is 4.79 Å². The fraction of sp³-hybridized carbons (Fsp3) is 0.667. The van der Waals surface area contributed by atoms with Crippen molar-refractivity contribution >= 4 is 6.41 Å². The number of rotatable bonds is 6. The zero-order chi connectivity index (χ0) is 12.8. The molecule has 0 fully saturated rings. The van der Waals surface area contributed by atoms with Gasteiger partial charge in [0.2, 0.25) is 6.41 Å². The number of carbonyl (C=O) groups excluding carboxylic acids is 1. The average Bonchev–Trinajstić information content (AvgIpc) is 2.30. The van der Waals surface area contributed by atoms with Crippen LogP contribution in [0.5, 0.6) is 0 Å². The second-order valence-corrected chi connectivity index (χ2v) is 5.33. The number of carbonyl (C=O) groups is 1. The van der Waals surface area contributed by atoms with E-state index in [1.54, 1.807) is 0 Å². The normalized spacial score (nSPS) is 17.5. The minimum atomic E-state index is 0.301. The molecule has 0 radical (unpaired) electrons. The van der Waals surface area contributed by atoms with E-state index < -0.39 is 0 Å². The van der Waals surface area contributed by atoms with Crippen LogP contribution in [0, 0.1) is 5.92 Å². The van der Waals surface area contributed by atoms with Gasteiger partial charge in [0.05, 0.1) is 0 Å². The molecule has 1 atom stereocenters. The molecule has 2 heteroatoms. The molecule has 0 aromatic carbocycles. The van der Waals surface area contributed by atoms with Crippen molar-refractivity contribution in [1.82, 2.24) is 4.90 Å². The van der Waals surface area contributed by atoms with Crippen LogP contribution >= 0.6 is 0 Å². The van der Waals surface area contributed by atoms with E-state index >= 15 is 0 Å². The molecule has 17 heavy (non-hydrogen) atoms. The molecule has 0 spiro atoms. The van der Waals surface area contributed by atoms with Crippen molar-refractivity contribution in [2.24, 2.45) is 5.92 Å². The van der Waals surface area contributed by atoms with Crippen molar-refractivity contribution in [2.45, 2.75) is 59.4 Å². The minimum Gasteiger partial charge on any atom is -0.316 e. The third-order valence-electron chi connectivity index (χ3n) is 3.40. The van der Waals surface area contributed by atoms with Gasteiger partial charge in [-0.1, -0.05) is 32.4 Å². The maximum Gasteiger partial charge on any atom is 0.214 e. The summed E-state index contributed by atoms with van der Waals surface area (Å²) < 4.78 is 0. The molecule has 0 heterocycles. The van der Waals surface area contributed by atoms with E-state index in [0.717, 1.165) is 32.1 Å². The van der Waals surface area contributed by atoms with Crippen molar-refractivity contribution in [3.05, 3.63) is 23.4 Å². The minimum absolute atomic E-state index is 0.301. The van der Waals surface area contributed by atoms with E-state index in [4.69, 9.17) is 0 Å². The summed E-state index contributed by atoms with van der Waals surface area (Å²) in [7, 11) is 0. The van der Waals surface area contributed by atoms with E-state index in [1.807, 2.05) is 4.90 Å². The molecule has 1 rings (SSSR count). The molecule has 1 aliphatic carbocycles. The summed E-state index contributed by atoms with van der Waals surface area (Å²) in [6.07, 6.45) is 9.56. The monoisotopic (exact) mass is 235 g/mol. The highest BCUT2D eigenvalue weighted by Crippen LogP contribution is 2.25. The Hall–Kier alpha value is -1.05. The van der Waals surface area contributed by atoms with E-state index in [2.05, 4.69) is 39.8 Å². The van der Waals surface area contributed by atoms with E-state index in [0.29, 0.717) is 12.0 Å². The molecule has 2 nitrogen and oxygen atoms in total. The average molecular weight is 235 g/mol. The van der Waals surface area contributed by atoms with Gasteiger partial charge < -0.3 is 4.90 Å². The molecule has 1 amide bonds. The summed E-state index contributed by atoms with van der Waals surface area (Å²) in [5.74, 6) is 0.624. The summed E-state index contributed by atoms with van der Waals surface area (Å²) in [5.41, 5.74) is 2.65. The number of amides is 1. The summed E-state index contributed by atoms with van der Waals surface area (Å²) >= 11 is 0. The summed E-state index contributed by atoms with van der Waals surface area (Å²) in [6.45, 7) is 8.71. The fourth-order valence-corrected chi connectivity index (χ4v) is 2.43. The molecule has 0 N–H and O–H groups in total. The Morgan fingerprint density at radius 2 is 2.00 bits per heavy atom. The van der Waals surface area contributed by atoms with Crippen LogP contribution in [0.3, 0.4) is 0 Å². The lowest BCUT2D eigenvalue weighted by molar-refractivity contribution is -0.118. The van der Waals surface area contributed by atoms with Gasteiger partial charge in [0, 0.05) is 11.7 Å². The highest BCUT2D eigenvalue weighted by Gasteiger charge is 2.18. The fourth-order valence-electron chi connectivity index (χ4n) is 2.43. The Morgan fingerprint density at radius 1 is 1.29 bits per heavy atom. The Labute approximate surface area is 105 Å². The quantitative estimate of drug-likeness (QED) is 0.639. The zero-order valence-corrected chi connectivity index (χ0v) is 11.6. The lowest BCUT2D eigenvalue weighted by Gasteiger charge is -2.30. The van der Waals surface area contributed by atoms with Crippen LogP contribution in [0.2, 0.25) is 0 Å². The molecular weight excluding hydrogens is 210 g/mol. The van der Waals surface area contributed by atoms with Gasteiger partial charge in [-0.05, 0) is 44.6 Å². The number of hydrogen-bond donors (Lipinski definition) is 0. The summed E-state index contributed by atoms with van der Waals surface area (Å²) in [5, 5.41) is 0. The first-order chi connectivity index (χ1) is 8.08. The van der Waals surface area contributed by atoms with Crippen molar-refractivity contribution in [1.29, 1.82) is 0 Å². The molecule has 0 aromatic rings. The number of allylic oxidation sites excluding steroid dienone is 4. The van der Waals surface area contributed by atoms with Gasteiger partial charge >= 0.3 is 0 Å². The lowest BCUT2D eigenvalue weighted by Crippen LogP contribution is -2.32. The summed E-state index contributed by atoms with van der Waals surface area (Å²) in [6, 6.07) is 0.301.